The number of rotatable bonds is 1. The van der Waals surface area contributed by atoms with E-state index in [-0.39, 0.29) is 5.70 Å². The number of allylic oxidation sites excluding steroid dienone is 1. The summed E-state index contributed by atoms with van der Waals surface area (Å²) in [5.74, 6) is -0.459. The molecule has 0 saturated heterocycles. The number of hydrogen-bond acceptors (Lipinski definition) is 4. The van der Waals surface area contributed by atoms with Crippen molar-refractivity contribution in [3.05, 3.63) is 11.4 Å². The van der Waals surface area contributed by atoms with Gasteiger partial charge in [-0.25, -0.2) is 9.79 Å². The molecule has 0 amide bonds. The third-order valence-electron chi connectivity index (χ3n) is 1.43. The van der Waals surface area contributed by atoms with Crippen LogP contribution in [0.15, 0.2) is 16.4 Å². The van der Waals surface area contributed by atoms with E-state index in [0.717, 1.165) is 5.71 Å². The van der Waals surface area contributed by atoms with Crippen molar-refractivity contribution in [2.24, 2.45) is 10.7 Å². The average molecular weight is 154 g/mol. The third-order valence-corrected chi connectivity index (χ3v) is 1.43. The maximum atomic E-state index is 10.9. The zero-order valence-corrected chi connectivity index (χ0v) is 6.55. The molecule has 0 saturated carbocycles. The van der Waals surface area contributed by atoms with Crippen molar-refractivity contribution in [1.82, 2.24) is 0 Å². The molecule has 0 aromatic heterocycles. The van der Waals surface area contributed by atoms with Crippen LogP contribution < -0.4 is 5.73 Å². The van der Waals surface area contributed by atoms with Gasteiger partial charge in [0, 0.05) is 17.8 Å². The molecular weight excluding hydrogens is 144 g/mol. The average Bonchev–Trinajstić information content (AvgIpc) is 2.28. The van der Waals surface area contributed by atoms with Gasteiger partial charge < -0.3 is 10.5 Å². The molecule has 0 aliphatic carbocycles. The van der Waals surface area contributed by atoms with E-state index in [1.54, 1.807) is 0 Å². The highest BCUT2D eigenvalue weighted by molar-refractivity contribution is 5.98. The summed E-state index contributed by atoms with van der Waals surface area (Å²) < 4.78 is 4.47. The minimum Gasteiger partial charge on any atom is -0.464 e. The standard InChI is InChI=1S/C7H10N2O2/c1-4-3-5(8)6(9-4)7(10)11-2/h3,8H2,1-2H3. The van der Waals surface area contributed by atoms with Crippen LogP contribution in [0.25, 0.3) is 0 Å². The van der Waals surface area contributed by atoms with E-state index in [9.17, 15) is 4.79 Å². The van der Waals surface area contributed by atoms with Gasteiger partial charge in [-0.2, -0.15) is 0 Å². The van der Waals surface area contributed by atoms with Gasteiger partial charge >= 0.3 is 5.97 Å². The van der Waals surface area contributed by atoms with Crippen molar-refractivity contribution in [2.45, 2.75) is 13.3 Å². The maximum absolute atomic E-state index is 10.9. The Kier molecular flexibility index (Phi) is 1.94. The number of methoxy groups -OCH3 is 1. The largest absolute Gasteiger partial charge is 0.464 e. The first-order valence-electron chi connectivity index (χ1n) is 3.26. The van der Waals surface area contributed by atoms with Gasteiger partial charge in [0.25, 0.3) is 0 Å². The van der Waals surface area contributed by atoms with Crippen LogP contribution in [-0.2, 0) is 9.53 Å². The Morgan fingerprint density at radius 2 is 2.36 bits per heavy atom. The van der Waals surface area contributed by atoms with Gasteiger partial charge in [0.05, 0.1) is 7.11 Å². The Labute approximate surface area is 64.7 Å². The van der Waals surface area contributed by atoms with Crippen molar-refractivity contribution in [3.8, 4) is 0 Å². The molecule has 60 valence electrons. The lowest BCUT2D eigenvalue weighted by Crippen LogP contribution is -2.07. The van der Waals surface area contributed by atoms with E-state index in [0.29, 0.717) is 12.1 Å². The topological polar surface area (TPSA) is 64.7 Å². The van der Waals surface area contributed by atoms with E-state index in [1.807, 2.05) is 6.92 Å². The van der Waals surface area contributed by atoms with Crippen LogP contribution in [0.5, 0.6) is 0 Å². The molecule has 0 spiro atoms. The third kappa shape index (κ3) is 1.39. The molecule has 0 aromatic carbocycles. The molecule has 1 rings (SSSR count). The smallest absolute Gasteiger partial charge is 0.358 e. The second kappa shape index (κ2) is 2.74. The molecule has 0 atom stereocenters. The molecule has 1 aliphatic heterocycles. The predicted octanol–water partition coefficient (Wildman–Crippen LogP) is 0.194. The fraction of sp³-hybridized carbons (Fsp3) is 0.429. The van der Waals surface area contributed by atoms with Crippen molar-refractivity contribution in [2.75, 3.05) is 7.11 Å². The first-order chi connectivity index (χ1) is 5.15. The van der Waals surface area contributed by atoms with E-state index >= 15 is 0 Å². The lowest BCUT2D eigenvalue weighted by molar-refractivity contribution is -0.136. The number of nitrogens with zero attached hydrogens (tertiary/aromatic N) is 1. The molecule has 0 radical (unpaired) electrons. The number of aliphatic imine (C=N–C) groups is 1. The number of hydrogen-bond donors (Lipinski definition) is 1. The quantitative estimate of drug-likeness (QED) is 0.548. The van der Waals surface area contributed by atoms with Crippen LogP contribution >= 0.6 is 0 Å². The molecule has 0 aromatic rings. The summed E-state index contributed by atoms with van der Waals surface area (Å²) in [7, 11) is 1.31. The van der Waals surface area contributed by atoms with Gasteiger partial charge in [-0.05, 0) is 6.92 Å². The number of carbonyl (C=O) groups is 1. The number of carbonyl (C=O) groups excluding carboxylic acids is 1. The lowest BCUT2D eigenvalue weighted by Gasteiger charge is -1.96. The monoisotopic (exact) mass is 154 g/mol. The molecule has 11 heavy (non-hydrogen) atoms. The molecule has 0 fully saturated rings. The Hall–Kier alpha value is -1.32. The van der Waals surface area contributed by atoms with Crippen LogP contribution in [-0.4, -0.2) is 18.8 Å². The van der Waals surface area contributed by atoms with E-state index in [4.69, 9.17) is 5.73 Å². The number of nitrogens with two attached hydrogens (primary N) is 1. The van der Waals surface area contributed by atoms with Gasteiger partial charge in [-0.1, -0.05) is 0 Å². The molecule has 0 unspecified atom stereocenters. The van der Waals surface area contributed by atoms with Crippen molar-refractivity contribution in [3.63, 3.8) is 0 Å². The zero-order chi connectivity index (χ0) is 8.43. The highest BCUT2D eigenvalue weighted by Gasteiger charge is 2.19. The fourth-order valence-corrected chi connectivity index (χ4v) is 0.935. The lowest BCUT2D eigenvalue weighted by atomic mass is 10.2. The van der Waals surface area contributed by atoms with E-state index < -0.39 is 5.97 Å². The van der Waals surface area contributed by atoms with Crippen molar-refractivity contribution < 1.29 is 9.53 Å². The number of esters is 1. The summed E-state index contributed by atoms with van der Waals surface area (Å²) in [6, 6.07) is 0. The minimum absolute atomic E-state index is 0.255. The summed E-state index contributed by atoms with van der Waals surface area (Å²) in [5.41, 5.74) is 7.11. The highest BCUT2D eigenvalue weighted by atomic mass is 16.5. The molecule has 2 N–H and O–H groups in total. The van der Waals surface area contributed by atoms with Crippen LogP contribution in [0.3, 0.4) is 0 Å². The van der Waals surface area contributed by atoms with Crippen molar-refractivity contribution >= 4 is 11.7 Å². The summed E-state index contributed by atoms with van der Waals surface area (Å²) in [4.78, 5) is 14.8. The Morgan fingerprint density at radius 1 is 1.73 bits per heavy atom. The molecule has 1 heterocycles. The van der Waals surface area contributed by atoms with Gasteiger partial charge in [-0.3, -0.25) is 0 Å². The zero-order valence-electron chi connectivity index (χ0n) is 6.55. The summed E-state index contributed by atoms with van der Waals surface area (Å²) in [6.45, 7) is 1.82. The molecular formula is C7H10N2O2. The van der Waals surface area contributed by atoms with Gasteiger partial charge in [0.15, 0.2) is 5.70 Å². The van der Waals surface area contributed by atoms with Crippen molar-refractivity contribution in [1.29, 1.82) is 0 Å². The second-order valence-electron chi connectivity index (χ2n) is 2.39. The second-order valence-corrected chi connectivity index (χ2v) is 2.39. The van der Waals surface area contributed by atoms with Gasteiger partial charge in [0.1, 0.15) is 0 Å². The normalized spacial score (nSPS) is 16.7. The molecule has 4 nitrogen and oxygen atoms in total. The highest BCUT2D eigenvalue weighted by Crippen LogP contribution is 2.15. The molecule has 1 aliphatic rings. The first-order valence-corrected chi connectivity index (χ1v) is 3.26. The fourth-order valence-electron chi connectivity index (χ4n) is 0.935. The van der Waals surface area contributed by atoms with Crippen LogP contribution in [0.4, 0.5) is 0 Å². The van der Waals surface area contributed by atoms with E-state index in [1.165, 1.54) is 7.11 Å². The Morgan fingerprint density at radius 3 is 2.73 bits per heavy atom. The van der Waals surface area contributed by atoms with Crippen LogP contribution in [0.1, 0.15) is 13.3 Å². The summed E-state index contributed by atoms with van der Waals surface area (Å²) >= 11 is 0. The van der Waals surface area contributed by atoms with Gasteiger partial charge in [-0.15, -0.1) is 0 Å². The predicted molar refractivity (Wildman–Crippen MR) is 41.0 cm³/mol. The summed E-state index contributed by atoms with van der Waals surface area (Å²) in [5, 5.41) is 0. The molecule has 0 bridgehead atoms. The van der Waals surface area contributed by atoms with E-state index in [2.05, 4.69) is 9.73 Å². The summed E-state index contributed by atoms with van der Waals surface area (Å²) in [6.07, 6.45) is 0.574. The van der Waals surface area contributed by atoms with Gasteiger partial charge in [0.2, 0.25) is 0 Å². The Bertz CT molecular complexity index is 253. The minimum atomic E-state index is -0.459. The Balaban J connectivity index is 2.86. The maximum Gasteiger partial charge on any atom is 0.358 e. The number of ether oxygens (including phenoxy) is 1. The van der Waals surface area contributed by atoms with Crippen LogP contribution in [0, 0.1) is 0 Å². The molecule has 4 heteroatoms. The van der Waals surface area contributed by atoms with Crippen LogP contribution in [0.2, 0.25) is 0 Å². The first kappa shape index (κ1) is 7.78. The SMILES string of the molecule is COC(=O)C1=C(N)CC(C)=N1.